The summed E-state index contributed by atoms with van der Waals surface area (Å²) in [5.74, 6) is 2.79. The number of amides is 4. The van der Waals surface area contributed by atoms with E-state index in [2.05, 4.69) is 67.8 Å². The highest BCUT2D eigenvalue weighted by Crippen LogP contribution is 2.37. The molecule has 9 heteroatoms. The van der Waals surface area contributed by atoms with Crippen molar-refractivity contribution < 1.29 is 14.4 Å². The molecule has 1 fully saturated rings. The Morgan fingerprint density at radius 1 is 1.14 bits per heavy atom. The van der Waals surface area contributed by atoms with E-state index in [-0.39, 0.29) is 17.2 Å². The van der Waals surface area contributed by atoms with Crippen molar-refractivity contribution >= 4 is 47.9 Å². The normalized spacial score (nSPS) is 15.4. The van der Waals surface area contributed by atoms with Gasteiger partial charge < -0.3 is 15.5 Å². The van der Waals surface area contributed by atoms with Gasteiger partial charge in [-0.15, -0.1) is 16.9 Å². The van der Waals surface area contributed by atoms with Crippen LogP contribution in [0.4, 0.5) is 15.5 Å². The van der Waals surface area contributed by atoms with Crippen molar-refractivity contribution in [3.05, 3.63) is 45.8 Å². The van der Waals surface area contributed by atoms with E-state index in [4.69, 9.17) is 0 Å². The van der Waals surface area contributed by atoms with Gasteiger partial charge in [0.1, 0.15) is 18.6 Å². The maximum absolute atomic E-state index is 13.7. The van der Waals surface area contributed by atoms with Crippen LogP contribution in [-0.4, -0.2) is 49.4 Å². The molecule has 2 heterocycles. The molecule has 3 N–H and O–H groups in total. The number of nitrogens with one attached hydrogen (secondary N) is 3. The van der Waals surface area contributed by atoms with E-state index >= 15 is 0 Å². The molecule has 2 aromatic rings. The van der Waals surface area contributed by atoms with Gasteiger partial charge in [-0.2, -0.15) is 0 Å². The molecule has 0 saturated carbocycles. The molecule has 1 aliphatic rings. The predicted molar refractivity (Wildman–Crippen MR) is 155 cm³/mol. The number of anilines is 2. The van der Waals surface area contributed by atoms with Crippen molar-refractivity contribution in [2.75, 3.05) is 23.7 Å². The lowest BCUT2D eigenvalue weighted by molar-refractivity contribution is -0.133. The number of hydrogen-bond donors (Lipinski definition) is 3. The summed E-state index contributed by atoms with van der Waals surface area (Å²) < 4.78 is 0. The fourth-order valence-electron chi connectivity index (χ4n) is 3.77. The van der Waals surface area contributed by atoms with E-state index in [1.807, 2.05) is 31.2 Å². The molecule has 3 rings (SSSR count). The van der Waals surface area contributed by atoms with Gasteiger partial charge in [-0.05, 0) is 49.9 Å². The first kappa shape index (κ1) is 28.5. The van der Waals surface area contributed by atoms with E-state index in [0.717, 1.165) is 16.0 Å². The largest absolute Gasteiger partial charge is 0.352 e. The average molecular weight is 539 g/mol. The highest BCUT2D eigenvalue weighted by Gasteiger charge is 2.42. The zero-order valence-electron chi connectivity index (χ0n) is 23.3. The summed E-state index contributed by atoms with van der Waals surface area (Å²) >= 11 is 1.38. The lowest BCUT2D eigenvalue weighted by Gasteiger charge is -2.41. The molecule has 0 unspecified atom stereocenters. The first-order valence-electron chi connectivity index (χ1n) is 12.5. The molecule has 1 aromatic carbocycles. The smallest absolute Gasteiger partial charge is 0.324 e. The Morgan fingerprint density at radius 2 is 1.81 bits per heavy atom. The van der Waals surface area contributed by atoms with Crippen LogP contribution in [0, 0.1) is 18.4 Å². The van der Waals surface area contributed by atoms with Crippen LogP contribution in [0.25, 0.3) is 0 Å². The van der Waals surface area contributed by atoms with Gasteiger partial charge in [0.15, 0.2) is 0 Å². The summed E-state index contributed by atoms with van der Waals surface area (Å²) in [6.07, 6.45) is 0. The maximum Gasteiger partial charge on any atom is 0.324 e. The number of carbonyl (C=O) groups excluding carboxylic acids is 3. The number of piperazine rings is 1. The Balaban J connectivity index is 1.89. The topological polar surface area (TPSA) is 90.5 Å². The summed E-state index contributed by atoms with van der Waals surface area (Å²) in [6.45, 7) is 19.0. The first-order chi connectivity index (χ1) is 17.0. The van der Waals surface area contributed by atoms with Crippen LogP contribution in [0.1, 0.15) is 61.0 Å². The van der Waals surface area contributed by atoms with Crippen molar-refractivity contribution in [2.24, 2.45) is 0 Å². The van der Waals surface area contributed by atoms with Crippen molar-refractivity contribution in [2.45, 2.75) is 72.1 Å². The number of nitrogens with zero attached hydrogens (tertiary/aromatic N) is 1. The van der Waals surface area contributed by atoms with E-state index < -0.39 is 19.6 Å². The monoisotopic (exact) mass is 538 g/mol. The standard InChI is InChI=1S/C28H38N4O3SSi/c1-18-10-11-20(16-19(18)12-15-37(7,8)9)30-26(35)31-23-21(17-22(36-23)27(2,3)4)24(33)32-14-13-29-25(34)28(32,5)6/h10-11,16-17H,13-14H2,1-9H3,(H,29,34)(H2,30,31,35). The molecule has 0 atom stereocenters. The van der Waals surface area contributed by atoms with Crippen LogP contribution >= 0.6 is 11.3 Å². The molecule has 0 aliphatic carbocycles. The Bertz CT molecular complexity index is 1290. The number of benzene rings is 1. The van der Waals surface area contributed by atoms with Crippen LogP contribution in [-0.2, 0) is 10.2 Å². The summed E-state index contributed by atoms with van der Waals surface area (Å²) in [5, 5.41) is 9.05. The SMILES string of the molecule is Cc1ccc(NC(=O)Nc2sc(C(C)(C)C)cc2C(=O)N2CCNC(=O)C2(C)C)cc1C#C[Si](C)(C)C. The Hall–Kier alpha value is -3.09. The lowest BCUT2D eigenvalue weighted by Crippen LogP contribution is -2.63. The second kappa shape index (κ2) is 10.3. The van der Waals surface area contributed by atoms with Crippen LogP contribution in [0.3, 0.4) is 0 Å². The van der Waals surface area contributed by atoms with Crippen molar-refractivity contribution in [3.63, 3.8) is 0 Å². The number of hydrogen-bond acceptors (Lipinski definition) is 4. The van der Waals surface area contributed by atoms with Gasteiger partial charge in [0.25, 0.3) is 5.91 Å². The van der Waals surface area contributed by atoms with Crippen molar-refractivity contribution in [1.29, 1.82) is 0 Å². The van der Waals surface area contributed by atoms with Gasteiger partial charge in [0.05, 0.1) is 5.56 Å². The molecular formula is C28H38N4O3SSi. The maximum atomic E-state index is 13.7. The molecule has 1 aromatic heterocycles. The Kier molecular flexibility index (Phi) is 7.96. The number of aryl methyl sites for hydroxylation is 1. The molecule has 4 amide bonds. The summed E-state index contributed by atoms with van der Waals surface area (Å²) in [7, 11) is -1.54. The minimum atomic E-state index is -1.54. The molecule has 1 saturated heterocycles. The molecule has 1 aliphatic heterocycles. The van der Waals surface area contributed by atoms with Crippen LogP contribution in [0.2, 0.25) is 19.6 Å². The number of thiophene rings is 1. The summed E-state index contributed by atoms with van der Waals surface area (Å²) in [5.41, 5.74) is 5.10. The molecule has 0 radical (unpaired) electrons. The van der Waals surface area contributed by atoms with Crippen LogP contribution in [0.5, 0.6) is 0 Å². The average Bonchev–Trinajstić information content (AvgIpc) is 3.19. The summed E-state index contributed by atoms with van der Waals surface area (Å²) in [4.78, 5) is 41.7. The highest BCUT2D eigenvalue weighted by atomic mass is 32.1. The van der Waals surface area contributed by atoms with E-state index in [1.54, 1.807) is 18.7 Å². The van der Waals surface area contributed by atoms with Gasteiger partial charge in [-0.25, -0.2) is 4.79 Å². The number of urea groups is 1. The fraction of sp³-hybridized carbons (Fsp3) is 0.464. The Morgan fingerprint density at radius 3 is 2.43 bits per heavy atom. The Labute approximate surface area is 225 Å². The molecule has 7 nitrogen and oxygen atoms in total. The minimum Gasteiger partial charge on any atom is -0.352 e. The van der Waals surface area contributed by atoms with Gasteiger partial charge in [0, 0.05) is 29.2 Å². The second-order valence-electron chi connectivity index (χ2n) is 12.0. The van der Waals surface area contributed by atoms with Crippen molar-refractivity contribution in [3.8, 4) is 11.5 Å². The van der Waals surface area contributed by atoms with Gasteiger partial charge in [-0.1, -0.05) is 52.4 Å². The first-order valence-corrected chi connectivity index (χ1v) is 16.8. The van der Waals surface area contributed by atoms with Gasteiger partial charge in [-0.3, -0.25) is 14.9 Å². The van der Waals surface area contributed by atoms with E-state index in [1.165, 1.54) is 11.3 Å². The molecule has 198 valence electrons. The zero-order valence-corrected chi connectivity index (χ0v) is 25.1. The van der Waals surface area contributed by atoms with Gasteiger partial charge >= 0.3 is 6.03 Å². The van der Waals surface area contributed by atoms with Crippen LogP contribution in [0.15, 0.2) is 24.3 Å². The predicted octanol–water partition coefficient (Wildman–Crippen LogP) is 5.58. The van der Waals surface area contributed by atoms with Crippen LogP contribution < -0.4 is 16.0 Å². The second-order valence-corrected chi connectivity index (χ2v) is 17.8. The van der Waals surface area contributed by atoms with Crippen molar-refractivity contribution in [1.82, 2.24) is 10.2 Å². The fourth-order valence-corrected chi connectivity index (χ4v) is 5.38. The van der Waals surface area contributed by atoms with Gasteiger partial charge in [0.2, 0.25) is 5.91 Å². The molecule has 37 heavy (non-hydrogen) atoms. The summed E-state index contributed by atoms with van der Waals surface area (Å²) in [6, 6.07) is 7.04. The zero-order chi connectivity index (χ0) is 27.8. The third-order valence-electron chi connectivity index (χ3n) is 6.09. The minimum absolute atomic E-state index is 0.196. The lowest BCUT2D eigenvalue weighted by atomic mass is 9.93. The number of rotatable bonds is 3. The third kappa shape index (κ3) is 6.82. The quantitative estimate of drug-likeness (QED) is 0.352. The molecule has 0 spiro atoms. The molecule has 0 bridgehead atoms. The molecular weight excluding hydrogens is 500 g/mol. The highest BCUT2D eigenvalue weighted by molar-refractivity contribution is 7.16. The number of carbonyl (C=O) groups is 3. The van der Waals surface area contributed by atoms with E-state index in [9.17, 15) is 14.4 Å². The third-order valence-corrected chi connectivity index (χ3v) is 8.44. The van der Waals surface area contributed by atoms with E-state index in [0.29, 0.717) is 29.3 Å².